The minimum Gasteiger partial charge on any atom is -0.345 e. The number of carbonyl (C=O) groups excluding carboxylic acids is 2. The van der Waals surface area contributed by atoms with E-state index in [-0.39, 0.29) is 23.3 Å². The van der Waals surface area contributed by atoms with Crippen molar-refractivity contribution in [2.75, 3.05) is 46.3 Å². The molecule has 10 nitrogen and oxygen atoms in total. The van der Waals surface area contributed by atoms with Gasteiger partial charge in [-0.25, -0.2) is 9.36 Å². The molecule has 0 N–H and O–H groups in total. The summed E-state index contributed by atoms with van der Waals surface area (Å²) in [7, 11) is 1.74. The van der Waals surface area contributed by atoms with E-state index in [1.165, 1.54) is 10.7 Å². The molecule has 2 saturated heterocycles. The monoisotopic (exact) mass is 427 g/mol. The molecule has 0 aliphatic carbocycles. The van der Waals surface area contributed by atoms with Crippen LogP contribution in [0.15, 0.2) is 23.0 Å². The Hall–Kier alpha value is -3.01. The first-order valence-corrected chi connectivity index (χ1v) is 10.7. The van der Waals surface area contributed by atoms with Crippen LogP contribution in [0.3, 0.4) is 0 Å². The number of nitrogens with zero attached hydrogens (tertiary/aromatic N) is 7. The molecule has 166 valence electrons. The Morgan fingerprint density at radius 3 is 2.42 bits per heavy atom. The minimum absolute atomic E-state index is 0.0395. The summed E-state index contributed by atoms with van der Waals surface area (Å²) in [6.45, 7) is 8.31. The molecular weight excluding hydrogens is 398 g/mol. The number of rotatable bonds is 5. The summed E-state index contributed by atoms with van der Waals surface area (Å²) >= 11 is 0. The fourth-order valence-electron chi connectivity index (χ4n) is 4.29. The average Bonchev–Trinajstić information content (AvgIpc) is 3.27. The van der Waals surface area contributed by atoms with Gasteiger partial charge in [0.25, 0.3) is 5.56 Å². The Labute approximate surface area is 181 Å². The average molecular weight is 428 g/mol. The lowest BCUT2D eigenvalue weighted by atomic mass is 10.1. The normalized spacial score (nSPS) is 20.0. The molecule has 2 aromatic rings. The molecule has 2 fully saturated rings. The van der Waals surface area contributed by atoms with Gasteiger partial charge in [-0.3, -0.25) is 19.3 Å². The topological polar surface area (TPSA) is 96.6 Å². The highest BCUT2D eigenvalue weighted by Gasteiger charge is 2.35. The number of hydrogen-bond donors (Lipinski definition) is 0. The number of aryl methyl sites for hydroxylation is 2. The number of amides is 2. The van der Waals surface area contributed by atoms with Gasteiger partial charge in [0, 0.05) is 64.5 Å². The van der Waals surface area contributed by atoms with Crippen molar-refractivity contribution in [1.82, 2.24) is 34.3 Å². The fourth-order valence-corrected chi connectivity index (χ4v) is 4.29. The largest absolute Gasteiger partial charge is 0.345 e. The summed E-state index contributed by atoms with van der Waals surface area (Å²) in [6, 6.07) is 5.18. The molecule has 1 atom stereocenters. The number of aromatic nitrogens is 4. The maximum Gasteiger partial charge on any atom is 0.266 e. The van der Waals surface area contributed by atoms with Gasteiger partial charge in [0.2, 0.25) is 11.8 Å². The molecule has 0 spiro atoms. The van der Waals surface area contributed by atoms with Crippen molar-refractivity contribution in [2.45, 2.75) is 26.8 Å². The van der Waals surface area contributed by atoms with Crippen molar-refractivity contribution in [3.63, 3.8) is 0 Å². The highest BCUT2D eigenvalue weighted by atomic mass is 16.2. The highest BCUT2D eigenvalue weighted by molar-refractivity contribution is 5.89. The smallest absolute Gasteiger partial charge is 0.266 e. The summed E-state index contributed by atoms with van der Waals surface area (Å²) in [6.07, 6.45) is 0.315. The zero-order valence-electron chi connectivity index (χ0n) is 18.3. The van der Waals surface area contributed by atoms with Crippen molar-refractivity contribution in [3.05, 3.63) is 39.9 Å². The maximum absolute atomic E-state index is 12.7. The van der Waals surface area contributed by atoms with Gasteiger partial charge in [0.1, 0.15) is 0 Å². The molecule has 0 bridgehead atoms. The highest BCUT2D eigenvalue weighted by Crippen LogP contribution is 2.19. The zero-order chi connectivity index (χ0) is 22.1. The molecule has 2 aliphatic rings. The lowest BCUT2D eigenvalue weighted by Gasteiger charge is -2.35. The maximum atomic E-state index is 12.7. The van der Waals surface area contributed by atoms with Crippen LogP contribution in [0.2, 0.25) is 0 Å². The summed E-state index contributed by atoms with van der Waals surface area (Å²) in [5, 5.41) is 8.92. The van der Waals surface area contributed by atoms with E-state index in [1.54, 1.807) is 22.7 Å². The predicted octanol–water partition coefficient (Wildman–Crippen LogP) is -0.332. The Morgan fingerprint density at radius 1 is 1.06 bits per heavy atom. The lowest BCUT2D eigenvalue weighted by Crippen LogP contribution is -2.51. The van der Waals surface area contributed by atoms with Gasteiger partial charge in [-0.15, -0.1) is 5.10 Å². The van der Waals surface area contributed by atoms with Gasteiger partial charge in [0.05, 0.1) is 18.2 Å². The first-order chi connectivity index (χ1) is 14.8. The summed E-state index contributed by atoms with van der Waals surface area (Å²) in [4.78, 5) is 42.4. The molecule has 10 heteroatoms. The molecule has 2 aliphatic heterocycles. The Kier molecular flexibility index (Phi) is 5.90. The second kappa shape index (κ2) is 8.62. The van der Waals surface area contributed by atoms with E-state index in [0.29, 0.717) is 45.0 Å². The molecule has 0 saturated carbocycles. The lowest BCUT2D eigenvalue weighted by molar-refractivity contribution is -0.137. The van der Waals surface area contributed by atoms with Crippen LogP contribution in [0, 0.1) is 19.8 Å². The Morgan fingerprint density at radius 2 is 1.81 bits per heavy atom. The van der Waals surface area contributed by atoms with E-state index in [9.17, 15) is 14.4 Å². The van der Waals surface area contributed by atoms with Gasteiger partial charge < -0.3 is 9.80 Å². The Balaban J connectivity index is 1.32. The molecule has 0 radical (unpaired) electrons. The van der Waals surface area contributed by atoms with Crippen molar-refractivity contribution in [3.8, 4) is 5.82 Å². The van der Waals surface area contributed by atoms with E-state index in [2.05, 4.69) is 15.1 Å². The Bertz CT molecular complexity index is 1040. The van der Waals surface area contributed by atoms with Crippen LogP contribution in [0.5, 0.6) is 0 Å². The third-order valence-electron chi connectivity index (χ3n) is 6.08. The predicted molar refractivity (Wildman–Crippen MR) is 114 cm³/mol. The van der Waals surface area contributed by atoms with Crippen LogP contribution in [0.25, 0.3) is 5.82 Å². The van der Waals surface area contributed by atoms with Gasteiger partial charge >= 0.3 is 0 Å². The molecule has 1 unspecified atom stereocenters. The summed E-state index contributed by atoms with van der Waals surface area (Å²) < 4.78 is 3.21. The van der Waals surface area contributed by atoms with Crippen LogP contribution in [-0.2, 0) is 16.1 Å². The van der Waals surface area contributed by atoms with Gasteiger partial charge in [-0.05, 0) is 26.0 Å². The third kappa shape index (κ3) is 4.53. The number of carbonyl (C=O) groups is 2. The van der Waals surface area contributed by atoms with Crippen molar-refractivity contribution in [1.29, 1.82) is 0 Å². The number of hydrogen-bond acceptors (Lipinski definition) is 6. The van der Waals surface area contributed by atoms with E-state index < -0.39 is 0 Å². The molecule has 4 heterocycles. The van der Waals surface area contributed by atoms with Gasteiger partial charge in [-0.1, -0.05) is 0 Å². The van der Waals surface area contributed by atoms with Crippen molar-refractivity contribution >= 4 is 11.8 Å². The van der Waals surface area contributed by atoms with E-state index >= 15 is 0 Å². The van der Waals surface area contributed by atoms with E-state index in [0.717, 1.165) is 24.5 Å². The van der Waals surface area contributed by atoms with Crippen LogP contribution in [0.1, 0.15) is 17.8 Å². The number of likely N-dealkylation sites (tertiary alicyclic amines) is 1. The van der Waals surface area contributed by atoms with Gasteiger partial charge in [-0.2, -0.15) is 5.10 Å². The summed E-state index contributed by atoms with van der Waals surface area (Å²) in [5.41, 5.74) is 1.72. The van der Waals surface area contributed by atoms with E-state index in [1.807, 2.05) is 24.8 Å². The molecule has 2 aromatic heterocycles. The van der Waals surface area contributed by atoms with Crippen molar-refractivity contribution in [2.24, 2.45) is 5.92 Å². The van der Waals surface area contributed by atoms with Crippen LogP contribution in [-0.4, -0.2) is 92.4 Å². The quantitative estimate of drug-likeness (QED) is 0.648. The molecule has 0 aromatic carbocycles. The SMILES string of the molecule is Cc1cc(C)n(-c2ccc(=O)n(CCN3CCN(C(=O)C4CC(=O)N(C)C4)CC3)n2)n1. The minimum atomic E-state index is -0.219. The summed E-state index contributed by atoms with van der Waals surface area (Å²) in [5.74, 6) is 0.520. The molecular formula is C21H29N7O3. The standard InChI is InChI=1S/C21H29N7O3/c1-15-12-16(2)28(22-15)18-4-5-19(29)27(23-18)11-8-25-6-9-26(10-7-25)21(31)17-13-20(30)24(3)14-17/h4-5,12,17H,6-11,13-14H2,1-3H3. The van der Waals surface area contributed by atoms with E-state index in [4.69, 9.17) is 0 Å². The molecule has 2 amide bonds. The second-order valence-electron chi connectivity index (χ2n) is 8.43. The van der Waals surface area contributed by atoms with Crippen molar-refractivity contribution < 1.29 is 9.59 Å². The first kappa shape index (κ1) is 21.2. The van der Waals surface area contributed by atoms with Crippen LogP contribution in [0.4, 0.5) is 0 Å². The third-order valence-corrected chi connectivity index (χ3v) is 6.08. The second-order valence-corrected chi connectivity index (χ2v) is 8.43. The fraction of sp³-hybridized carbons (Fsp3) is 0.571. The first-order valence-electron chi connectivity index (χ1n) is 10.7. The number of piperazine rings is 1. The zero-order valence-corrected chi connectivity index (χ0v) is 18.3. The molecule has 4 rings (SSSR count). The van der Waals surface area contributed by atoms with Crippen LogP contribution < -0.4 is 5.56 Å². The molecule has 31 heavy (non-hydrogen) atoms. The van der Waals surface area contributed by atoms with Gasteiger partial charge in [0.15, 0.2) is 5.82 Å². The van der Waals surface area contributed by atoms with Crippen LogP contribution >= 0.6 is 0 Å².